The van der Waals surface area contributed by atoms with E-state index in [2.05, 4.69) is 29.4 Å². The number of rotatable bonds is 4. The highest BCUT2D eigenvalue weighted by molar-refractivity contribution is 6.03. The van der Waals surface area contributed by atoms with Crippen molar-refractivity contribution in [2.75, 3.05) is 0 Å². The van der Waals surface area contributed by atoms with Crippen LogP contribution in [-0.4, -0.2) is 16.6 Å². The van der Waals surface area contributed by atoms with Gasteiger partial charge in [-0.15, -0.1) is 0 Å². The van der Waals surface area contributed by atoms with Crippen LogP contribution >= 0.6 is 0 Å². The SMILES string of the molecule is CCCC(=O)N1N=C(c2ccccc2)CC1c1ccccc1. The highest BCUT2D eigenvalue weighted by atomic mass is 16.2. The lowest BCUT2D eigenvalue weighted by molar-refractivity contribution is -0.133. The maximum Gasteiger partial charge on any atom is 0.243 e. The van der Waals surface area contributed by atoms with Crippen molar-refractivity contribution in [3.63, 3.8) is 0 Å². The van der Waals surface area contributed by atoms with Gasteiger partial charge in [0.2, 0.25) is 5.91 Å². The molecule has 112 valence electrons. The standard InChI is InChI=1S/C19H20N2O/c1-2-9-19(22)21-18(16-12-7-4-8-13-16)14-17(20-21)15-10-5-3-6-11-15/h3-8,10-13,18H,2,9,14H2,1H3. The van der Waals surface area contributed by atoms with E-state index in [1.54, 1.807) is 5.01 Å². The van der Waals surface area contributed by atoms with Crippen LogP contribution in [0.2, 0.25) is 0 Å². The average molecular weight is 292 g/mol. The number of amides is 1. The second-order valence-electron chi connectivity index (χ2n) is 5.53. The van der Waals surface area contributed by atoms with Gasteiger partial charge in [-0.2, -0.15) is 5.10 Å². The van der Waals surface area contributed by atoms with E-state index in [4.69, 9.17) is 0 Å². The molecule has 0 fully saturated rings. The van der Waals surface area contributed by atoms with Crippen molar-refractivity contribution in [2.24, 2.45) is 5.10 Å². The Labute approximate surface area is 131 Å². The topological polar surface area (TPSA) is 32.7 Å². The summed E-state index contributed by atoms with van der Waals surface area (Å²) >= 11 is 0. The fourth-order valence-electron chi connectivity index (χ4n) is 2.81. The van der Waals surface area contributed by atoms with Crippen LogP contribution in [0.1, 0.15) is 43.4 Å². The quantitative estimate of drug-likeness (QED) is 0.832. The Bertz CT molecular complexity index is 664. The Hall–Kier alpha value is -2.42. The monoisotopic (exact) mass is 292 g/mol. The molecule has 1 amide bonds. The molecular formula is C19H20N2O. The van der Waals surface area contributed by atoms with E-state index in [-0.39, 0.29) is 11.9 Å². The lowest BCUT2D eigenvalue weighted by Crippen LogP contribution is -2.26. The third kappa shape index (κ3) is 2.93. The van der Waals surface area contributed by atoms with Gasteiger partial charge in [0.05, 0.1) is 11.8 Å². The number of hydrazone groups is 1. The molecule has 3 heteroatoms. The number of benzene rings is 2. The summed E-state index contributed by atoms with van der Waals surface area (Å²) < 4.78 is 0. The highest BCUT2D eigenvalue weighted by Crippen LogP contribution is 2.33. The van der Waals surface area contributed by atoms with Crippen LogP contribution in [0.25, 0.3) is 0 Å². The van der Waals surface area contributed by atoms with Gasteiger partial charge in [0, 0.05) is 12.8 Å². The van der Waals surface area contributed by atoms with Crippen LogP contribution in [0.3, 0.4) is 0 Å². The number of hydrogen-bond acceptors (Lipinski definition) is 2. The zero-order valence-electron chi connectivity index (χ0n) is 12.8. The summed E-state index contributed by atoms with van der Waals surface area (Å²) in [7, 11) is 0. The summed E-state index contributed by atoms with van der Waals surface area (Å²) in [6.45, 7) is 2.02. The minimum atomic E-state index is 0.00968. The highest BCUT2D eigenvalue weighted by Gasteiger charge is 2.32. The molecular weight excluding hydrogens is 272 g/mol. The molecule has 0 radical (unpaired) electrons. The molecule has 0 spiro atoms. The van der Waals surface area contributed by atoms with Crippen molar-refractivity contribution in [2.45, 2.75) is 32.2 Å². The number of carbonyl (C=O) groups is 1. The predicted octanol–water partition coefficient (Wildman–Crippen LogP) is 4.16. The Kier molecular flexibility index (Phi) is 4.33. The van der Waals surface area contributed by atoms with E-state index in [0.29, 0.717) is 6.42 Å². The third-order valence-corrected chi connectivity index (χ3v) is 3.92. The van der Waals surface area contributed by atoms with Crippen molar-refractivity contribution in [1.29, 1.82) is 0 Å². The van der Waals surface area contributed by atoms with Gasteiger partial charge in [0.25, 0.3) is 0 Å². The van der Waals surface area contributed by atoms with Gasteiger partial charge < -0.3 is 0 Å². The van der Waals surface area contributed by atoms with E-state index in [1.807, 2.05) is 43.3 Å². The van der Waals surface area contributed by atoms with Crippen molar-refractivity contribution in [3.05, 3.63) is 71.8 Å². The van der Waals surface area contributed by atoms with Crippen LogP contribution in [0.15, 0.2) is 65.8 Å². The van der Waals surface area contributed by atoms with Gasteiger partial charge in [0.1, 0.15) is 0 Å². The largest absolute Gasteiger partial charge is 0.273 e. The Morgan fingerprint density at radius 1 is 1.09 bits per heavy atom. The van der Waals surface area contributed by atoms with Gasteiger partial charge in [-0.1, -0.05) is 67.6 Å². The minimum Gasteiger partial charge on any atom is -0.273 e. The van der Waals surface area contributed by atoms with Crippen LogP contribution in [0, 0.1) is 0 Å². The molecule has 0 saturated carbocycles. The Morgan fingerprint density at radius 2 is 1.73 bits per heavy atom. The second kappa shape index (κ2) is 6.56. The fraction of sp³-hybridized carbons (Fsp3) is 0.263. The summed E-state index contributed by atoms with van der Waals surface area (Å²) in [5.74, 6) is 0.0993. The first-order valence-corrected chi connectivity index (χ1v) is 7.79. The summed E-state index contributed by atoms with van der Waals surface area (Å²) in [4.78, 5) is 12.4. The van der Waals surface area contributed by atoms with Crippen molar-refractivity contribution in [3.8, 4) is 0 Å². The average Bonchev–Trinajstić information content (AvgIpc) is 3.02. The molecule has 0 aromatic heterocycles. The zero-order chi connectivity index (χ0) is 15.4. The Balaban J connectivity index is 1.92. The zero-order valence-corrected chi connectivity index (χ0v) is 12.8. The summed E-state index contributed by atoms with van der Waals surface area (Å²) in [6.07, 6.45) is 2.14. The summed E-state index contributed by atoms with van der Waals surface area (Å²) in [5, 5.41) is 6.32. The predicted molar refractivity (Wildman–Crippen MR) is 88.5 cm³/mol. The maximum atomic E-state index is 12.4. The molecule has 1 atom stereocenters. The molecule has 0 bridgehead atoms. The van der Waals surface area contributed by atoms with Crippen LogP contribution in [0.5, 0.6) is 0 Å². The van der Waals surface area contributed by atoms with Gasteiger partial charge in [-0.3, -0.25) is 4.79 Å². The molecule has 1 unspecified atom stereocenters. The smallest absolute Gasteiger partial charge is 0.243 e. The number of nitrogens with zero attached hydrogens (tertiary/aromatic N) is 2. The van der Waals surface area contributed by atoms with E-state index in [1.165, 1.54) is 0 Å². The minimum absolute atomic E-state index is 0.00968. The molecule has 3 rings (SSSR count). The van der Waals surface area contributed by atoms with Gasteiger partial charge >= 0.3 is 0 Å². The van der Waals surface area contributed by atoms with Gasteiger partial charge in [-0.05, 0) is 17.5 Å². The van der Waals surface area contributed by atoms with E-state index in [9.17, 15) is 4.79 Å². The molecule has 1 aliphatic heterocycles. The van der Waals surface area contributed by atoms with Gasteiger partial charge in [0.15, 0.2) is 0 Å². The first-order chi connectivity index (χ1) is 10.8. The summed E-state index contributed by atoms with van der Waals surface area (Å²) in [6, 6.07) is 20.3. The van der Waals surface area contributed by atoms with E-state index >= 15 is 0 Å². The normalized spacial score (nSPS) is 17.4. The molecule has 2 aromatic rings. The molecule has 22 heavy (non-hydrogen) atoms. The van der Waals surface area contributed by atoms with Crippen LogP contribution < -0.4 is 0 Å². The molecule has 2 aromatic carbocycles. The molecule has 0 N–H and O–H groups in total. The van der Waals surface area contributed by atoms with Crippen molar-refractivity contribution < 1.29 is 4.79 Å². The molecule has 1 aliphatic rings. The van der Waals surface area contributed by atoms with E-state index in [0.717, 1.165) is 29.7 Å². The number of carbonyl (C=O) groups excluding carboxylic acids is 1. The lowest BCUT2D eigenvalue weighted by atomic mass is 9.98. The van der Waals surface area contributed by atoms with Crippen LogP contribution in [0.4, 0.5) is 0 Å². The number of hydrogen-bond donors (Lipinski definition) is 0. The van der Waals surface area contributed by atoms with E-state index < -0.39 is 0 Å². The van der Waals surface area contributed by atoms with Crippen LogP contribution in [-0.2, 0) is 4.79 Å². The second-order valence-corrected chi connectivity index (χ2v) is 5.53. The maximum absolute atomic E-state index is 12.4. The Morgan fingerprint density at radius 3 is 2.36 bits per heavy atom. The fourth-order valence-corrected chi connectivity index (χ4v) is 2.81. The molecule has 0 saturated heterocycles. The lowest BCUT2D eigenvalue weighted by Gasteiger charge is -2.21. The molecule has 3 nitrogen and oxygen atoms in total. The first-order valence-electron chi connectivity index (χ1n) is 7.79. The van der Waals surface area contributed by atoms with Gasteiger partial charge in [-0.25, -0.2) is 5.01 Å². The molecule has 0 aliphatic carbocycles. The van der Waals surface area contributed by atoms with Crippen molar-refractivity contribution >= 4 is 11.6 Å². The summed E-state index contributed by atoms with van der Waals surface area (Å²) in [5.41, 5.74) is 3.22. The van der Waals surface area contributed by atoms with Crippen molar-refractivity contribution in [1.82, 2.24) is 5.01 Å². The third-order valence-electron chi connectivity index (χ3n) is 3.92. The first kappa shape index (κ1) is 14.5. The molecule has 1 heterocycles.